The van der Waals surface area contributed by atoms with Gasteiger partial charge in [0.15, 0.2) is 0 Å². The average Bonchev–Trinajstić information content (AvgIpc) is 3.18. The normalized spacial score (nSPS) is 23.8. The van der Waals surface area contributed by atoms with Crippen LogP contribution in [0, 0.1) is 5.82 Å². The number of nitrogens with zero attached hydrogens (tertiary/aromatic N) is 1. The highest BCUT2D eigenvalue weighted by Crippen LogP contribution is 2.51. The fourth-order valence-corrected chi connectivity index (χ4v) is 6.78. The standard InChI is InChI=1S/C25H26F7N3O5S/c1-22(37)13-33-12-20(22)34-21(36)11-17-6-2-14-10-15(23(38,24(27,28)29)25(30,31)32)3-9-19(14)35(17)41(39,40)18-7-4-16(26)5-8-18/h3-5,7-10,17,20,33,37-38H,2,6,11-13H2,1H3,(H,34,36)/t17?,20-,22-/m1/s1. The molecule has 2 aliphatic rings. The van der Waals surface area contributed by atoms with Crippen LogP contribution >= 0.6 is 0 Å². The van der Waals surface area contributed by atoms with E-state index < -0.39 is 74.3 Å². The third-order valence-electron chi connectivity index (χ3n) is 7.34. The third kappa shape index (κ3) is 5.61. The van der Waals surface area contributed by atoms with Gasteiger partial charge in [0.05, 0.1) is 28.3 Å². The molecule has 0 spiro atoms. The third-order valence-corrected chi connectivity index (χ3v) is 9.22. The number of amides is 1. The Balaban J connectivity index is 1.77. The molecule has 0 saturated carbocycles. The Labute approximate surface area is 230 Å². The van der Waals surface area contributed by atoms with Crippen LogP contribution in [-0.4, -0.2) is 67.7 Å². The lowest BCUT2D eigenvalue weighted by Crippen LogP contribution is -2.54. The van der Waals surface area contributed by atoms with E-state index in [0.717, 1.165) is 24.3 Å². The number of aliphatic hydroxyl groups is 2. The van der Waals surface area contributed by atoms with Gasteiger partial charge in [0.1, 0.15) is 5.82 Å². The van der Waals surface area contributed by atoms with E-state index in [1.54, 1.807) is 0 Å². The summed E-state index contributed by atoms with van der Waals surface area (Å²) in [5.74, 6) is -1.42. The van der Waals surface area contributed by atoms with Gasteiger partial charge >= 0.3 is 12.4 Å². The van der Waals surface area contributed by atoms with E-state index in [4.69, 9.17) is 0 Å². The summed E-state index contributed by atoms with van der Waals surface area (Å²) in [5.41, 5.74) is -8.62. The van der Waals surface area contributed by atoms with Gasteiger partial charge in [-0.15, -0.1) is 0 Å². The van der Waals surface area contributed by atoms with E-state index in [1.165, 1.54) is 6.92 Å². The minimum absolute atomic E-state index is 0.185. The maximum Gasteiger partial charge on any atom is 0.430 e. The van der Waals surface area contributed by atoms with Gasteiger partial charge < -0.3 is 20.8 Å². The zero-order chi connectivity index (χ0) is 30.6. The molecular weight excluding hydrogens is 587 g/mol. The molecule has 8 nitrogen and oxygen atoms in total. The predicted octanol–water partition coefficient (Wildman–Crippen LogP) is 2.88. The van der Waals surface area contributed by atoms with E-state index in [2.05, 4.69) is 10.6 Å². The van der Waals surface area contributed by atoms with Crippen molar-refractivity contribution in [3.63, 3.8) is 0 Å². The smallest absolute Gasteiger partial charge is 0.387 e. The number of benzene rings is 2. The summed E-state index contributed by atoms with van der Waals surface area (Å²) >= 11 is 0. The zero-order valence-electron chi connectivity index (χ0n) is 21.4. The number of aryl methyl sites for hydroxylation is 1. The van der Waals surface area contributed by atoms with Crippen molar-refractivity contribution in [2.24, 2.45) is 0 Å². The van der Waals surface area contributed by atoms with E-state index in [1.807, 2.05) is 0 Å². The lowest BCUT2D eigenvalue weighted by molar-refractivity contribution is -0.376. The summed E-state index contributed by atoms with van der Waals surface area (Å²) in [4.78, 5) is 12.5. The van der Waals surface area contributed by atoms with Crippen molar-refractivity contribution >= 4 is 21.6 Å². The number of hydrogen-bond donors (Lipinski definition) is 4. The number of β-amino-alcohol motifs (C(OH)–C–C–N with tert-alkyl or cyclic N) is 1. The number of carbonyl (C=O) groups excluding carboxylic acids is 1. The van der Waals surface area contributed by atoms with Gasteiger partial charge in [-0.2, -0.15) is 26.3 Å². The van der Waals surface area contributed by atoms with Crippen molar-refractivity contribution in [2.75, 3.05) is 17.4 Å². The van der Waals surface area contributed by atoms with Crippen molar-refractivity contribution in [1.29, 1.82) is 0 Å². The van der Waals surface area contributed by atoms with Crippen LogP contribution in [0.5, 0.6) is 0 Å². The summed E-state index contributed by atoms with van der Waals surface area (Å²) in [6.07, 6.45) is -13.2. The molecule has 1 amide bonds. The first-order valence-electron chi connectivity index (χ1n) is 12.3. The van der Waals surface area contributed by atoms with Crippen LogP contribution in [0.3, 0.4) is 0 Å². The lowest BCUT2D eigenvalue weighted by atomic mass is 9.87. The Morgan fingerprint density at radius 3 is 2.24 bits per heavy atom. The first-order valence-corrected chi connectivity index (χ1v) is 13.7. The Bertz CT molecular complexity index is 1400. The number of alkyl halides is 6. The van der Waals surface area contributed by atoms with E-state index in [0.29, 0.717) is 22.5 Å². The van der Waals surface area contributed by atoms with Crippen LogP contribution < -0.4 is 14.9 Å². The molecule has 16 heteroatoms. The van der Waals surface area contributed by atoms with Gasteiger partial charge in [-0.05, 0) is 55.7 Å². The molecule has 4 N–H and O–H groups in total. The summed E-state index contributed by atoms with van der Waals surface area (Å²) in [7, 11) is -4.62. The van der Waals surface area contributed by atoms with E-state index in [9.17, 15) is 54.2 Å². The Kier molecular flexibility index (Phi) is 7.86. The second kappa shape index (κ2) is 10.4. The molecule has 1 fully saturated rings. The van der Waals surface area contributed by atoms with Crippen LogP contribution in [0.25, 0.3) is 0 Å². The molecule has 0 radical (unpaired) electrons. The molecule has 3 atom stereocenters. The first kappa shape index (κ1) is 31.0. The van der Waals surface area contributed by atoms with Gasteiger partial charge in [-0.3, -0.25) is 9.10 Å². The molecule has 2 aromatic carbocycles. The van der Waals surface area contributed by atoms with E-state index >= 15 is 0 Å². The molecule has 4 rings (SSSR count). The average molecular weight is 614 g/mol. The number of halogens is 7. The Hall–Kier alpha value is -2.95. The molecule has 0 aromatic heterocycles. The van der Waals surface area contributed by atoms with Gasteiger partial charge in [0.2, 0.25) is 5.91 Å². The van der Waals surface area contributed by atoms with Crippen LogP contribution in [0.4, 0.5) is 36.4 Å². The topological polar surface area (TPSA) is 119 Å². The quantitative estimate of drug-likeness (QED) is 0.373. The number of rotatable bonds is 6. The van der Waals surface area contributed by atoms with Crippen LogP contribution in [0.15, 0.2) is 47.4 Å². The summed E-state index contributed by atoms with van der Waals surface area (Å²) in [6.45, 7) is 1.90. The molecular formula is C25H26F7N3O5S. The second-order valence-electron chi connectivity index (χ2n) is 10.3. The fourth-order valence-electron chi connectivity index (χ4n) is 5.07. The largest absolute Gasteiger partial charge is 0.430 e. The van der Waals surface area contributed by atoms with Gasteiger partial charge in [0, 0.05) is 25.1 Å². The number of sulfonamides is 1. The molecule has 2 heterocycles. The fraction of sp³-hybridized carbons (Fsp3) is 0.480. The van der Waals surface area contributed by atoms with Crippen LogP contribution in [0.1, 0.15) is 30.9 Å². The molecule has 2 aliphatic heterocycles. The maximum absolute atomic E-state index is 13.7. The molecule has 226 valence electrons. The molecule has 41 heavy (non-hydrogen) atoms. The van der Waals surface area contributed by atoms with Gasteiger partial charge in [0.25, 0.3) is 15.6 Å². The summed E-state index contributed by atoms with van der Waals surface area (Å²) in [6, 6.07) is 3.19. The van der Waals surface area contributed by atoms with Crippen molar-refractivity contribution < 1.29 is 54.2 Å². The lowest BCUT2D eigenvalue weighted by Gasteiger charge is -2.39. The number of fused-ring (bicyclic) bond motifs is 1. The first-order chi connectivity index (χ1) is 18.8. The predicted molar refractivity (Wildman–Crippen MR) is 131 cm³/mol. The Morgan fingerprint density at radius 1 is 1.10 bits per heavy atom. The molecule has 0 aliphatic carbocycles. The van der Waals surface area contributed by atoms with Gasteiger partial charge in [-0.25, -0.2) is 12.8 Å². The molecule has 0 bridgehead atoms. The Morgan fingerprint density at radius 2 is 1.71 bits per heavy atom. The van der Waals surface area contributed by atoms with Crippen LogP contribution in [0.2, 0.25) is 0 Å². The number of anilines is 1. The van der Waals surface area contributed by atoms with Crippen molar-refractivity contribution in [1.82, 2.24) is 10.6 Å². The molecule has 2 aromatic rings. The SMILES string of the molecule is C[C@@]1(O)CNC[C@H]1NC(=O)CC1CCc2cc(C(O)(C(F)(F)F)C(F)(F)F)ccc2N1S(=O)(=O)c1ccc(F)cc1. The second-order valence-corrected chi connectivity index (χ2v) is 12.1. The summed E-state index contributed by atoms with van der Waals surface area (Å²) in [5, 5.41) is 25.8. The van der Waals surface area contributed by atoms with Crippen molar-refractivity contribution in [2.45, 2.75) is 66.7 Å². The highest BCUT2D eigenvalue weighted by molar-refractivity contribution is 7.92. The van der Waals surface area contributed by atoms with Crippen molar-refractivity contribution in [3.05, 3.63) is 59.4 Å². The summed E-state index contributed by atoms with van der Waals surface area (Å²) < 4.78 is 123. The van der Waals surface area contributed by atoms with Crippen LogP contribution in [-0.2, 0) is 26.8 Å². The number of hydrogen-bond acceptors (Lipinski definition) is 6. The van der Waals surface area contributed by atoms with Crippen molar-refractivity contribution in [3.8, 4) is 0 Å². The zero-order valence-corrected chi connectivity index (χ0v) is 22.2. The monoisotopic (exact) mass is 613 g/mol. The van der Waals surface area contributed by atoms with Gasteiger partial charge in [-0.1, -0.05) is 12.1 Å². The minimum Gasteiger partial charge on any atom is -0.387 e. The highest BCUT2D eigenvalue weighted by Gasteiger charge is 2.71. The van der Waals surface area contributed by atoms with E-state index in [-0.39, 0.29) is 37.2 Å². The maximum atomic E-state index is 13.7. The molecule has 1 saturated heterocycles. The molecule has 1 unspecified atom stereocenters. The number of carbonyl (C=O) groups is 1. The minimum atomic E-state index is -6.15. The number of nitrogens with one attached hydrogen (secondary N) is 2. The highest BCUT2D eigenvalue weighted by atomic mass is 32.2.